The van der Waals surface area contributed by atoms with E-state index >= 15 is 0 Å². The van der Waals surface area contributed by atoms with Gasteiger partial charge < -0.3 is 10.6 Å². The van der Waals surface area contributed by atoms with Crippen LogP contribution in [-0.4, -0.2) is 27.7 Å². The first-order valence-corrected chi connectivity index (χ1v) is 12.5. The maximum absolute atomic E-state index is 12.9. The highest BCUT2D eigenvalue weighted by Gasteiger charge is 2.67. The monoisotopic (exact) mass is 561 g/mol. The molecule has 11 heteroatoms. The molecular weight excluding hydrogens is 548 g/mol. The highest BCUT2D eigenvalue weighted by Crippen LogP contribution is 2.65. The number of amides is 2. The molecule has 2 atom stereocenters. The Labute approximate surface area is 219 Å². The lowest BCUT2D eigenvalue weighted by molar-refractivity contribution is -0.117. The molecule has 0 bridgehead atoms. The third-order valence-electron chi connectivity index (χ3n) is 5.17. The fourth-order valence-electron chi connectivity index (χ4n) is 3.57. The third kappa shape index (κ3) is 5.59. The highest BCUT2D eigenvalue weighted by molar-refractivity contribution is 7.09. The van der Waals surface area contributed by atoms with Gasteiger partial charge in [0.1, 0.15) is 4.33 Å². The van der Waals surface area contributed by atoms with E-state index in [1.807, 2.05) is 5.38 Å². The topological polar surface area (TPSA) is 71.1 Å². The molecule has 33 heavy (non-hydrogen) atoms. The number of nitrogens with one attached hydrogen (secondary N) is 2. The largest absolute Gasteiger partial charge is 0.352 e. The molecule has 3 aromatic rings. The van der Waals surface area contributed by atoms with Crippen molar-refractivity contribution in [2.75, 3.05) is 11.9 Å². The van der Waals surface area contributed by atoms with E-state index in [-0.39, 0.29) is 16.5 Å². The number of aromatic nitrogens is 1. The minimum atomic E-state index is -1.31. The van der Waals surface area contributed by atoms with Crippen molar-refractivity contribution >= 4 is 86.8 Å². The predicted octanol–water partition coefficient (Wildman–Crippen LogP) is 6.60. The fraction of sp³-hybridized carbons (Fsp3) is 0.227. The number of anilines is 1. The van der Waals surface area contributed by atoms with Crippen LogP contribution in [-0.2, 0) is 11.2 Å². The molecule has 2 N–H and O–H groups in total. The first-order valence-electron chi connectivity index (χ1n) is 9.77. The Kier molecular flexibility index (Phi) is 7.44. The molecule has 1 aliphatic carbocycles. The van der Waals surface area contributed by atoms with Gasteiger partial charge in [-0.3, -0.25) is 9.59 Å². The molecule has 2 aromatic carbocycles. The van der Waals surface area contributed by atoms with E-state index in [4.69, 9.17) is 58.0 Å². The lowest BCUT2D eigenvalue weighted by Gasteiger charge is -2.10. The van der Waals surface area contributed by atoms with E-state index in [1.54, 1.807) is 36.5 Å². The van der Waals surface area contributed by atoms with Crippen LogP contribution in [0, 0.1) is 5.92 Å². The normalized spacial score (nSPS) is 18.6. The number of carbonyl (C=O) groups excluding carboxylic acids is 2. The molecule has 1 aromatic heterocycles. The second kappa shape index (κ2) is 9.98. The molecular formula is C22H16Cl5N3O2S. The summed E-state index contributed by atoms with van der Waals surface area (Å²) < 4.78 is -1.31. The fourth-order valence-corrected chi connectivity index (χ4v) is 5.77. The van der Waals surface area contributed by atoms with E-state index in [0.29, 0.717) is 34.3 Å². The minimum absolute atomic E-state index is 0.241. The van der Waals surface area contributed by atoms with Gasteiger partial charge in [0, 0.05) is 46.2 Å². The molecule has 2 amide bonds. The third-order valence-corrected chi connectivity index (χ3v) is 7.71. The Balaban J connectivity index is 1.43. The summed E-state index contributed by atoms with van der Waals surface area (Å²) in [4.78, 5) is 29.7. The Morgan fingerprint density at radius 2 is 1.79 bits per heavy atom. The van der Waals surface area contributed by atoms with Crippen molar-refractivity contribution in [1.29, 1.82) is 0 Å². The first kappa shape index (κ1) is 24.6. The summed E-state index contributed by atoms with van der Waals surface area (Å²) in [6, 6.07) is 9.61. The minimum Gasteiger partial charge on any atom is -0.352 e. The molecule has 0 saturated heterocycles. The molecule has 1 heterocycles. The molecule has 1 aliphatic rings. The van der Waals surface area contributed by atoms with E-state index in [0.717, 1.165) is 5.01 Å². The van der Waals surface area contributed by atoms with Gasteiger partial charge in [0.2, 0.25) is 5.91 Å². The molecule has 4 rings (SSSR count). The van der Waals surface area contributed by atoms with Crippen molar-refractivity contribution in [3.63, 3.8) is 0 Å². The van der Waals surface area contributed by atoms with Crippen LogP contribution in [0.1, 0.15) is 26.8 Å². The SMILES string of the molecule is O=C(NCCc1nccs1)c1cc(NC(=O)[C@H]2[C@H](c3cc(Cl)cc(Cl)c3)C2(Cl)Cl)ccc1Cl. The first-order chi connectivity index (χ1) is 15.7. The quantitative estimate of drug-likeness (QED) is 0.318. The van der Waals surface area contributed by atoms with Gasteiger partial charge in [-0.05, 0) is 42.0 Å². The number of alkyl halides is 2. The zero-order chi connectivity index (χ0) is 23.8. The van der Waals surface area contributed by atoms with Crippen LogP contribution in [0.4, 0.5) is 5.69 Å². The standard InChI is InChI=1S/C22H16Cl5N3O2S/c23-12-7-11(8-13(24)9-12)18-19(22(18,26)27)21(32)30-14-1-2-16(25)15(10-14)20(31)29-4-3-17-28-5-6-33-17/h1-2,5-10,18-19H,3-4H2,(H,29,31)(H,30,32)/t18-,19+/m0/s1. The van der Waals surface area contributed by atoms with Gasteiger partial charge in [0.05, 0.1) is 21.5 Å². The van der Waals surface area contributed by atoms with Crippen molar-refractivity contribution in [2.45, 2.75) is 16.7 Å². The van der Waals surface area contributed by atoms with Crippen LogP contribution in [0.3, 0.4) is 0 Å². The Hall–Kier alpha value is -1.54. The van der Waals surface area contributed by atoms with Gasteiger partial charge in [-0.2, -0.15) is 0 Å². The Bertz CT molecular complexity index is 1180. The maximum Gasteiger partial charge on any atom is 0.252 e. The molecule has 0 aliphatic heterocycles. The Morgan fingerprint density at radius 1 is 1.06 bits per heavy atom. The van der Waals surface area contributed by atoms with Crippen LogP contribution in [0.15, 0.2) is 48.0 Å². The van der Waals surface area contributed by atoms with Crippen molar-refractivity contribution in [3.8, 4) is 0 Å². The summed E-state index contributed by atoms with van der Waals surface area (Å²) in [6.07, 6.45) is 2.33. The van der Waals surface area contributed by atoms with Crippen LogP contribution < -0.4 is 10.6 Å². The number of halogens is 5. The van der Waals surface area contributed by atoms with E-state index in [1.165, 1.54) is 17.4 Å². The average molecular weight is 564 g/mol. The second-order valence-electron chi connectivity index (χ2n) is 7.45. The van der Waals surface area contributed by atoms with Crippen molar-refractivity contribution in [1.82, 2.24) is 10.3 Å². The lowest BCUT2D eigenvalue weighted by Crippen LogP contribution is -2.26. The van der Waals surface area contributed by atoms with Gasteiger partial charge in [-0.1, -0.05) is 34.8 Å². The number of carbonyl (C=O) groups is 2. The summed E-state index contributed by atoms with van der Waals surface area (Å²) in [6.45, 7) is 0.409. The van der Waals surface area contributed by atoms with Crippen molar-refractivity contribution in [3.05, 3.63) is 79.2 Å². The van der Waals surface area contributed by atoms with Gasteiger partial charge in [-0.25, -0.2) is 4.98 Å². The molecule has 5 nitrogen and oxygen atoms in total. The lowest BCUT2D eigenvalue weighted by atomic mass is 10.1. The van der Waals surface area contributed by atoms with Gasteiger partial charge in [0.25, 0.3) is 5.91 Å². The van der Waals surface area contributed by atoms with Gasteiger partial charge >= 0.3 is 0 Å². The number of hydrogen-bond acceptors (Lipinski definition) is 4. The molecule has 0 unspecified atom stereocenters. The number of nitrogens with zero attached hydrogens (tertiary/aromatic N) is 1. The summed E-state index contributed by atoms with van der Waals surface area (Å²) in [5.41, 5.74) is 1.31. The number of thiazole rings is 1. The second-order valence-corrected chi connectivity index (χ2v) is 11.2. The Morgan fingerprint density at radius 3 is 2.45 bits per heavy atom. The van der Waals surface area contributed by atoms with Crippen LogP contribution in [0.2, 0.25) is 15.1 Å². The van der Waals surface area contributed by atoms with E-state index in [2.05, 4.69) is 15.6 Å². The zero-order valence-electron chi connectivity index (χ0n) is 16.7. The van der Waals surface area contributed by atoms with Crippen LogP contribution in [0.5, 0.6) is 0 Å². The average Bonchev–Trinajstić information content (AvgIpc) is 3.06. The molecule has 172 valence electrons. The number of benzene rings is 2. The maximum atomic E-state index is 12.9. The van der Waals surface area contributed by atoms with Crippen LogP contribution >= 0.6 is 69.3 Å². The van der Waals surface area contributed by atoms with E-state index < -0.39 is 22.1 Å². The van der Waals surface area contributed by atoms with Gasteiger partial charge in [0.15, 0.2) is 0 Å². The molecule has 1 saturated carbocycles. The molecule has 0 spiro atoms. The van der Waals surface area contributed by atoms with Crippen LogP contribution in [0.25, 0.3) is 0 Å². The summed E-state index contributed by atoms with van der Waals surface area (Å²) in [7, 11) is 0. The number of rotatable bonds is 7. The predicted molar refractivity (Wildman–Crippen MR) is 135 cm³/mol. The summed E-state index contributed by atoms with van der Waals surface area (Å²) in [5, 5.41) is 9.50. The summed E-state index contributed by atoms with van der Waals surface area (Å²) >= 11 is 32.7. The molecule has 0 radical (unpaired) electrons. The van der Waals surface area contributed by atoms with Crippen molar-refractivity contribution in [2.24, 2.45) is 5.92 Å². The zero-order valence-corrected chi connectivity index (χ0v) is 21.3. The smallest absolute Gasteiger partial charge is 0.252 e. The molecule has 1 fully saturated rings. The number of hydrogen-bond donors (Lipinski definition) is 2. The summed E-state index contributed by atoms with van der Waals surface area (Å²) in [5.74, 6) is -1.94. The van der Waals surface area contributed by atoms with Crippen molar-refractivity contribution < 1.29 is 9.59 Å². The van der Waals surface area contributed by atoms with E-state index in [9.17, 15) is 9.59 Å². The van der Waals surface area contributed by atoms with Gasteiger partial charge in [-0.15, -0.1) is 34.5 Å². The highest BCUT2D eigenvalue weighted by atomic mass is 35.5.